The van der Waals surface area contributed by atoms with Crippen LogP contribution in [0.4, 0.5) is 0 Å². The molecule has 0 amide bonds. The molecule has 1 N–H and O–H groups in total. The van der Waals surface area contributed by atoms with Crippen molar-refractivity contribution in [3.05, 3.63) is 52.1 Å². The highest BCUT2D eigenvalue weighted by Gasteiger charge is 2.27. The molecule has 2 atom stereocenters. The molecule has 1 aliphatic heterocycles. The molecular formula is C24H26N4O3. The first kappa shape index (κ1) is 19.8. The molecule has 0 bridgehead atoms. The topological polar surface area (TPSA) is 82.0 Å². The van der Waals surface area contributed by atoms with E-state index in [1.165, 1.54) is 0 Å². The lowest BCUT2D eigenvalue weighted by Gasteiger charge is -2.29. The summed E-state index contributed by atoms with van der Waals surface area (Å²) < 4.78 is 13.2. The van der Waals surface area contributed by atoms with Crippen molar-refractivity contribution in [1.82, 2.24) is 19.7 Å². The molecule has 1 fully saturated rings. The lowest BCUT2D eigenvalue weighted by atomic mass is 9.97. The van der Waals surface area contributed by atoms with Crippen LogP contribution >= 0.6 is 0 Å². The number of nitrogens with one attached hydrogen (secondary N) is 1. The fourth-order valence-corrected chi connectivity index (χ4v) is 4.78. The molecule has 1 aromatic carbocycles. The minimum absolute atomic E-state index is 0.128. The van der Waals surface area contributed by atoms with Gasteiger partial charge < -0.3 is 14.5 Å². The molecule has 0 saturated carbocycles. The average molecular weight is 418 g/mol. The number of hydrogen-bond acceptors (Lipinski definition) is 5. The van der Waals surface area contributed by atoms with E-state index in [1.807, 2.05) is 30.7 Å². The van der Waals surface area contributed by atoms with E-state index in [9.17, 15) is 4.79 Å². The molecule has 31 heavy (non-hydrogen) atoms. The number of pyridine rings is 2. The number of rotatable bonds is 3. The first-order valence-electron chi connectivity index (χ1n) is 10.6. The normalized spacial score (nSPS) is 19.2. The van der Waals surface area contributed by atoms with Gasteiger partial charge in [-0.15, -0.1) is 0 Å². The summed E-state index contributed by atoms with van der Waals surface area (Å²) in [4.78, 5) is 20.5. The summed E-state index contributed by atoms with van der Waals surface area (Å²) in [5, 5.41) is 6.22. The molecule has 7 nitrogen and oxygen atoms in total. The second-order valence-electron chi connectivity index (χ2n) is 8.44. The van der Waals surface area contributed by atoms with Gasteiger partial charge in [0.15, 0.2) is 0 Å². The molecule has 0 unspecified atom stereocenters. The minimum atomic E-state index is -0.128. The highest BCUT2D eigenvalue weighted by molar-refractivity contribution is 6.04. The smallest absolute Gasteiger partial charge is 0.259 e. The van der Waals surface area contributed by atoms with Gasteiger partial charge in [0.1, 0.15) is 0 Å². The number of ether oxygens (including phenoxy) is 2. The third kappa shape index (κ3) is 3.20. The van der Waals surface area contributed by atoms with Crippen molar-refractivity contribution in [3.63, 3.8) is 0 Å². The fraction of sp³-hybridized carbons (Fsp3) is 0.375. The highest BCUT2D eigenvalue weighted by atomic mass is 16.5. The second-order valence-corrected chi connectivity index (χ2v) is 8.44. The monoisotopic (exact) mass is 418 g/mol. The number of benzene rings is 1. The Morgan fingerprint density at radius 3 is 2.84 bits per heavy atom. The Balaban J connectivity index is 1.74. The fourth-order valence-electron chi connectivity index (χ4n) is 4.78. The third-order valence-electron chi connectivity index (χ3n) is 6.27. The summed E-state index contributed by atoms with van der Waals surface area (Å²) in [6, 6.07) is 8.37. The number of aromatic nitrogens is 4. The maximum atomic E-state index is 12.9. The Kier molecular flexibility index (Phi) is 4.78. The number of hydrogen-bond donors (Lipinski definition) is 1. The van der Waals surface area contributed by atoms with Crippen LogP contribution in [-0.2, 0) is 4.74 Å². The Labute approximate surface area is 180 Å². The third-order valence-corrected chi connectivity index (χ3v) is 6.27. The van der Waals surface area contributed by atoms with Crippen molar-refractivity contribution >= 4 is 21.8 Å². The summed E-state index contributed by atoms with van der Waals surface area (Å²) in [6.07, 6.45) is 2.57. The minimum Gasteiger partial charge on any atom is -0.481 e. The number of aryl methyl sites for hydroxylation is 2. The molecule has 3 aromatic heterocycles. The maximum absolute atomic E-state index is 12.9. The molecule has 1 aliphatic rings. The maximum Gasteiger partial charge on any atom is 0.259 e. The number of nitrogens with zero attached hydrogens (tertiary/aromatic N) is 3. The van der Waals surface area contributed by atoms with E-state index in [4.69, 9.17) is 9.47 Å². The average Bonchev–Trinajstić information content (AvgIpc) is 3.19. The Morgan fingerprint density at radius 2 is 2.06 bits per heavy atom. The largest absolute Gasteiger partial charge is 0.481 e. The van der Waals surface area contributed by atoms with Gasteiger partial charge in [0.25, 0.3) is 5.56 Å². The van der Waals surface area contributed by atoms with Crippen LogP contribution < -0.4 is 10.3 Å². The van der Waals surface area contributed by atoms with Gasteiger partial charge in [-0.3, -0.25) is 9.48 Å². The number of methoxy groups -OCH3 is 1. The van der Waals surface area contributed by atoms with Crippen LogP contribution in [-0.4, -0.2) is 40.1 Å². The zero-order valence-electron chi connectivity index (χ0n) is 18.2. The Hall–Kier alpha value is -3.19. The van der Waals surface area contributed by atoms with E-state index >= 15 is 0 Å². The molecule has 0 aliphatic carbocycles. The number of aromatic amines is 1. The lowest BCUT2D eigenvalue weighted by Crippen LogP contribution is -2.28. The van der Waals surface area contributed by atoms with Gasteiger partial charge in [-0.05, 0) is 43.5 Å². The van der Waals surface area contributed by atoms with Crippen molar-refractivity contribution < 1.29 is 9.47 Å². The first-order chi connectivity index (χ1) is 15.0. The van der Waals surface area contributed by atoms with Crippen LogP contribution in [0.15, 0.2) is 35.3 Å². The van der Waals surface area contributed by atoms with E-state index < -0.39 is 0 Å². The van der Waals surface area contributed by atoms with Crippen LogP contribution in [0.25, 0.3) is 32.9 Å². The molecule has 4 heterocycles. The lowest BCUT2D eigenvalue weighted by molar-refractivity contribution is 0.0264. The molecule has 0 spiro atoms. The Bertz CT molecular complexity index is 1350. The van der Waals surface area contributed by atoms with E-state index in [2.05, 4.69) is 34.1 Å². The molecule has 4 aromatic rings. The Morgan fingerprint density at radius 1 is 1.23 bits per heavy atom. The summed E-state index contributed by atoms with van der Waals surface area (Å²) in [7, 11) is 1.63. The number of fused-ring (bicyclic) bond motifs is 3. The van der Waals surface area contributed by atoms with Crippen molar-refractivity contribution in [2.45, 2.75) is 33.2 Å². The SMILES string of the molecule is COc1nc(C)cc(C)c1-c1ccc2c(c1)[nH]c(=O)c1cnn([C@@H]3CCOC[C@@H]3C)c12. The summed E-state index contributed by atoms with van der Waals surface area (Å²) in [6.45, 7) is 7.58. The first-order valence-corrected chi connectivity index (χ1v) is 10.6. The zero-order valence-corrected chi connectivity index (χ0v) is 18.2. The molecule has 1 saturated heterocycles. The van der Waals surface area contributed by atoms with E-state index in [-0.39, 0.29) is 11.6 Å². The van der Waals surface area contributed by atoms with Crippen LogP contribution in [0, 0.1) is 19.8 Å². The van der Waals surface area contributed by atoms with E-state index in [0.717, 1.165) is 45.2 Å². The van der Waals surface area contributed by atoms with Crippen LogP contribution in [0.3, 0.4) is 0 Å². The highest BCUT2D eigenvalue weighted by Crippen LogP contribution is 2.36. The molecule has 0 radical (unpaired) electrons. The number of H-pyrrole nitrogens is 1. The van der Waals surface area contributed by atoms with Gasteiger partial charge in [-0.25, -0.2) is 4.98 Å². The van der Waals surface area contributed by atoms with Crippen LogP contribution in [0.5, 0.6) is 5.88 Å². The second kappa shape index (κ2) is 7.50. The van der Waals surface area contributed by atoms with E-state index in [0.29, 0.717) is 30.4 Å². The summed E-state index contributed by atoms with van der Waals surface area (Å²) in [5.41, 5.74) is 5.40. The quantitative estimate of drug-likeness (QED) is 0.540. The van der Waals surface area contributed by atoms with E-state index in [1.54, 1.807) is 13.3 Å². The van der Waals surface area contributed by atoms with Crippen molar-refractivity contribution in [3.8, 4) is 17.0 Å². The molecule has 5 rings (SSSR count). The van der Waals surface area contributed by atoms with Gasteiger partial charge in [0, 0.05) is 29.2 Å². The van der Waals surface area contributed by atoms with Crippen LogP contribution in [0.2, 0.25) is 0 Å². The van der Waals surface area contributed by atoms with Crippen LogP contribution in [0.1, 0.15) is 30.6 Å². The molecular weight excluding hydrogens is 392 g/mol. The van der Waals surface area contributed by atoms with Gasteiger partial charge in [-0.2, -0.15) is 5.10 Å². The van der Waals surface area contributed by atoms with Gasteiger partial charge >= 0.3 is 0 Å². The predicted octanol–water partition coefficient (Wildman–Crippen LogP) is 4.16. The van der Waals surface area contributed by atoms with Gasteiger partial charge in [0.2, 0.25) is 5.88 Å². The van der Waals surface area contributed by atoms with Gasteiger partial charge in [0.05, 0.1) is 42.4 Å². The van der Waals surface area contributed by atoms with Crippen molar-refractivity contribution in [2.75, 3.05) is 20.3 Å². The summed E-state index contributed by atoms with van der Waals surface area (Å²) >= 11 is 0. The molecule has 160 valence electrons. The standard InChI is InChI=1S/C24H26N4O3/c1-13-9-15(3)26-24(30-4)21(13)16-5-6-17-19(10-16)27-23(29)18-11-25-28(22(17)18)20-7-8-31-12-14(20)2/h5-6,9-11,14,20H,7-8,12H2,1-4H3,(H,27,29)/t14-,20+/m0/s1. The van der Waals surface area contributed by atoms with Crippen molar-refractivity contribution in [1.29, 1.82) is 0 Å². The predicted molar refractivity (Wildman–Crippen MR) is 121 cm³/mol. The summed E-state index contributed by atoms with van der Waals surface area (Å²) in [5.74, 6) is 0.914. The van der Waals surface area contributed by atoms with Crippen molar-refractivity contribution in [2.24, 2.45) is 5.92 Å². The van der Waals surface area contributed by atoms with Gasteiger partial charge in [-0.1, -0.05) is 19.1 Å². The zero-order chi connectivity index (χ0) is 21.7. The molecule has 7 heteroatoms.